The van der Waals surface area contributed by atoms with E-state index in [1.54, 1.807) is 0 Å². The number of methoxy groups -OCH3 is 1. The van der Waals surface area contributed by atoms with Crippen LogP contribution in [0.5, 0.6) is 0 Å². The molecule has 1 fully saturated rings. The van der Waals surface area contributed by atoms with E-state index in [1.165, 1.54) is 23.4 Å². The molecule has 5 heteroatoms. The first-order valence-corrected chi connectivity index (χ1v) is 7.89. The van der Waals surface area contributed by atoms with Gasteiger partial charge in [-0.2, -0.15) is 0 Å². The summed E-state index contributed by atoms with van der Waals surface area (Å²) in [5.41, 5.74) is 1.24. The van der Waals surface area contributed by atoms with Gasteiger partial charge >= 0.3 is 0 Å². The molecule has 1 aromatic rings. The predicted molar refractivity (Wildman–Crippen MR) is 81.2 cm³/mol. The molecule has 108 valence electrons. The Morgan fingerprint density at radius 3 is 2.95 bits per heavy atom. The van der Waals surface area contributed by atoms with Crippen LogP contribution in [-0.4, -0.2) is 38.3 Å². The van der Waals surface area contributed by atoms with Crippen molar-refractivity contribution in [3.63, 3.8) is 0 Å². The molecular formula is C14H25N3OS. The Labute approximate surface area is 120 Å². The fourth-order valence-corrected chi connectivity index (χ4v) is 3.79. The van der Waals surface area contributed by atoms with Crippen molar-refractivity contribution >= 4 is 16.5 Å². The van der Waals surface area contributed by atoms with Crippen molar-refractivity contribution in [3.8, 4) is 0 Å². The summed E-state index contributed by atoms with van der Waals surface area (Å²) >= 11 is 1.83. The molecule has 2 heterocycles. The minimum atomic E-state index is 0.355. The number of nitrogens with zero attached hydrogens (tertiary/aromatic N) is 2. The van der Waals surface area contributed by atoms with Gasteiger partial charge in [-0.05, 0) is 25.8 Å². The number of hydrogen-bond donors (Lipinski definition) is 1. The molecule has 1 aliphatic rings. The molecule has 1 unspecified atom stereocenters. The molecule has 0 spiro atoms. The lowest BCUT2D eigenvalue weighted by atomic mass is 10.1. The lowest BCUT2D eigenvalue weighted by Crippen LogP contribution is -2.39. The average Bonchev–Trinajstić information content (AvgIpc) is 2.83. The van der Waals surface area contributed by atoms with Gasteiger partial charge in [-0.3, -0.25) is 0 Å². The Kier molecular flexibility index (Phi) is 5.19. The van der Waals surface area contributed by atoms with Crippen LogP contribution in [0.4, 0.5) is 5.13 Å². The Morgan fingerprint density at radius 1 is 1.53 bits per heavy atom. The maximum Gasteiger partial charge on any atom is 0.185 e. The van der Waals surface area contributed by atoms with Gasteiger partial charge in [0, 0.05) is 31.6 Å². The molecule has 0 aliphatic carbocycles. The van der Waals surface area contributed by atoms with Crippen LogP contribution in [0.25, 0.3) is 0 Å². The van der Waals surface area contributed by atoms with Crippen molar-refractivity contribution in [2.75, 3.05) is 32.1 Å². The number of anilines is 1. The fraction of sp³-hybridized carbons (Fsp3) is 0.786. The minimum absolute atomic E-state index is 0.355. The van der Waals surface area contributed by atoms with Crippen molar-refractivity contribution in [1.29, 1.82) is 0 Å². The lowest BCUT2D eigenvalue weighted by molar-refractivity contribution is 0.0893. The second kappa shape index (κ2) is 6.68. The molecule has 0 bridgehead atoms. The standard InChI is InChI=1S/C14H25N3OS/c1-10(2)13-12(8-15-3)19-14(16-13)17-7-5-6-11(9-17)18-4/h10-11,15H,5-9H2,1-4H3. The van der Waals surface area contributed by atoms with E-state index in [-0.39, 0.29) is 0 Å². The van der Waals surface area contributed by atoms with Crippen LogP contribution in [0, 0.1) is 0 Å². The number of aromatic nitrogens is 1. The van der Waals surface area contributed by atoms with Gasteiger partial charge in [-0.1, -0.05) is 13.8 Å². The maximum atomic E-state index is 5.50. The summed E-state index contributed by atoms with van der Waals surface area (Å²) in [5.74, 6) is 0.483. The van der Waals surface area contributed by atoms with Crippen molar-refractivity contribution in [2.45, 2.75) is 45.3 Å². The third kappa shape index (κ3) is 3.46. The third-order valence-electron chi connectivity index (χ3n) is 3.58. The van der Waals surface area contributed by atoms with Gasteiger partial charge in [0.05, 0.1) is 11.8 Å². The number of piperidine rings is 1. The van der Waals surface area contributed by atoms with E-state index in [0.29, 0.717) is 12.0 Å². The largest absolute Gasteiger partial charge is 0.380 e. The Bertz CT molecular complexity index is 405. The summed E-state index contributed by atoms with van der Waals surface area (Å²) in [4.78, 5) is 8.62. The van der Waals surface area contributed by atoms with Crippen molar-refractivity contribution in [3.05, 3.63) is 10.6 Å². The molecule has 1 aromatic heterocycles. The molecule has 1 atom stereocenters. The molecule has 2 rings (SSSR count). The van der Waals surface area contributed by atoms with E-state index >= 15 is 0 Å². The van der Waals surface area contributed by atoms with Crippen molar-refractivity contribution in [2.24, 2.45) is 0 Å². The van der Waals surface area contributed by atoms with Crippen LogP contribution in [0.1, 0.15) is 43.2 Å². The lowest BCUT2D eigenvalue weighted by Gasteiger charge is -2.31. The van der Waals surface area contributed by atoms with E-state index in [2.05, 4.69) is 24.1 Å². The highest BCUT2D eigenvalue weighted by Gasteiger charge is 2.23. The molecule has 19 heavy (non-hydrogen) atoms. The van der Waals surface area contributed by atoms with Crippen molar-refractivity contribution < 1.29 is 4.74 Å². The summed E-state index contributed by atoms with van der Waals surface area (Å²) in [6.07, 6.45) is 2.71. The maximum absolute atomic E-state index is 5.50. The normalized spacial score (nSPS) is 20.3. The molecule has 0 aromatic carbocycles. The molecule has 1 aliphatic heterocycles. The van der Waals surface area contributed by atoms with Crippen LogP contribution in [0.15, 0.2) is 0 Å². The summed E-state index contributed by atoms with van der Waals surface area (Å²) in [7, 11) is 3.80. The van der Waals surface area contributed by atoms with Crippen LogP contribution in [-0.2, 0) is 11.3 Å². The minimum Gasteiger partial charge on any atom is -0.380 e. The van der Waals surface area contributed by atoms with Gasteiger partial charge in [0.2, 0.25) is 0 Å². The summed E-state index contributed by atoms with van der Waals surface area (Å²) in [6.45, 7) is 7.41. The van der Waals surface area contributed by atoms with Gasteiger partial charge in [0.25, 0.3) is 0 Å². The molecule has 4 nitrogen and oxygen atoms in total. The average molecular weight is 283 g/mol. The quantitative estimate of drug-likeness (QED) is 0.901. The Morgan fingerprint density at radius 2 is 2.32 bits per heavy atom. The zero-order chi connectivity index (χ0) is 13.8. The van der Waals surface area contributed by atoms with E-state index in [9.17, 15) is 0 Å². The first-order chi connectivity index (χ1) is 9.15. The number of rotatable bonds is 5. The topological polar surface area (TPSA) is 37.4 Å². The Hall–Kier alpha value is -0.650. The first-order valence-electron chi connectivity index (χ1n) is 7.07. The van der Waals surface area contributed by atoms with Gasteiger partial charge < -0.3 is 15.0 Å². The number of nitrogens with one attached hydrogen (secondary N) is 1. The van der Waals surface area contributed by atoms with Gasteiger partial charge in [-0.15, -0.1) is 11.3 Å². The molecular weight excluding hydrogens is 258 g/mol. The van der Waals surface area contributed by atoms with E-state index in [0.717, 1.165) is 24.8 Å². The van der Waals surface area contributed by atoms with Gasteiger partial charge in [0.1, 0.15) is 0 Å². The number of thiazole rings is 1. The SMILES string of the molecule is CNCc1sc(N2CCCC(OC)C2)nc1C(C)C. The highest BCUT2D eigenvalue weighted by molar-refractivity contribution is 7.15. The van der Waals surface area contributed by atoms with Crippen LogP contribution < -0.4 is 10.2 Å². The third-order valence-corrected chi connectivity index (χ3v) is 4.71. The number of ether oxygens (including phenoxy) is 1. The monoisotopic (exact) mass is 283 g/mol. The van der Waals surface area contributed by atoms with E-state index in [1.807, 2.05) is 25.5 Å². The van der Waals surface area contributed by atoms with Crippen LogP contribution in [0.2, 0.25) is 0 Å². The molecule has 1 N–H and O–H groups in total. The smallest absolute Gasteiger partial charge is 0.185 e. The summed E-state index contributed by atoms with van der Waals surface area (Å²) < 4.78 is 5.50. The second-order valence-electron chi connectivity index (χ2n) is 5.44. The zero-order valence-electron chi connectivity index (χ0n) is 12.4. The highest BCUT2D eigenvalue weighted by atomic mass is 32.1. The predicted octanol–water partition coefficient (Wildman–Crippen LogP) is 2.60. The summed E-state index contributed by atoms with van der Waals surface area (Å²) in [6, 6.07) is 0. The van der Waals surface area contributed by atoms with Crippen LogP contribution in [0.3, 0.4) is 0 Å². The summed E-state index contributed by atoms with van der Waals surface area (Å²) in [5, 5.41) is 4.41. The molecule has 0 radical (unpaired) electrons. The first kappa shape index (κ1) is 14.8. The fourth-order valence-electron chi connectivity index (χ4n) is 2.53. The zero-order valence-corrected chi connectivity index (χ0v) is 13.2. The molecule has 0 saturated carbocycles. The molecule has 0 amide bonds. The Balaban J connectivity index is 2.17. The number of hydrogen-bond acceptors (Lipinski definition) is 5. The van der Waals surface area contributed by atoms with E-state index in [4.69, 9.17) is 9.72 Å². The second-order valence-corrected chi connectivity index (χ2v) is 6.50. The van der Waals surface area contributed by atoms with Gasteiger partial charge in [0.15, 0.2) is 5.13 Å². The van der Waals surface area contributed by atoms with E-state index < -0.39 is 0 Å². The van der Waals surface area contributed by atoms with Crippen LogP contribution >= 0.6 is 11.3 Å². The highest BCUT2D eigenvalue weighted by Crippen LogP contribution is 2.32. The van der Waals surface area contributed by atoms with Crippen molar-refractivity contribution in [1.82, 2.24) is 10.3 Å². The van der Waals surface area contributed by atoms with Gasteiger partial charge in [-0.25, -0.2) is 4.98 Å². The molecule has 1 saturated heterocycles.